The number of ether oxygens (including phenoxy) is 1. The summed E-state index contributed by atoms with van der Waals surface area (Å²) in [5, 5.41) is 6.81. The molecule has 1 saturated carbocycles. The smallest absolute Gasteiger partial charge is 0.237 e. The standard InChI is InChI=1S/C18H33N3O2.2ClH/c1-13(2)17(21-7-9-23-10-8-21)12-19-18(22)16-11-14-5-3-4-6-15(14)20-16;;/h13-17,20H,3-12H2,1-2H3,(H,19,22);2*1H. The van der Waals surface area contributed by atoms with Gasteiger partial charge in [0, 0.05) is 31.7 Å². The molecule has 5 nitrogen and oxygen atoms in total. The number of hydrogen-bond donors (Lipinski definition) is 2. The topological polar surface area (TPSA) is 53.6 Å². The van der Waals surface area contributed by atoms with Crippen LogP contribution in [0.25, 0.3) is 0 Å². The molecular formula is C18H35Cl2N3O2. The van der Waals surface area contributed by atoms with E-state index in [1.165, 1.54) is 25.7 Å². The van der Waals surface area contributed by atoms with Crippen molar-refractivity contribution in [3.8, 4) is 0 Å². The molecule has 4 atom stereocenters. The number of hydrogen-bond acceptors (Lipinski definition) is 4. The van der Waals surface area contributed by atoms with Gasteiger partial charge in [-0.3, -0.25) is 9.69 Å². The van der Waals surface area contributed by atoms with Crippen LogP contribution in [-0.4, -0.2) is 61.8 Å². The zero-order valence-electron chi connectivity index (χ0n) is 15.5. The lowest BCUT2D eigenvalue weighted by Gasteiger charge is -2.37. The van der Waals surface area contributed by atoms with Crippen molar-refractivity contribution in [1.82, 2.24) is 15.5 Å². The van der Waals surface area contributed by atoms with E-state index in [1.54, 1.807) is 0 Å². The van der Waals surface area contributed by atoms with Crippen LogP contribution in [0.5, 0.6) is 0 Å². The molecule has 3 aliphatic rings. The lowest BCUT2D eigenvalue weighted by Crippen LogP contribution is -2.53. The summed E-state index contributed by atoms with van der Waals surface area (Å²) >= 11 is 0. The van der Waals surface area contributed by atoms with Gasteiger partial charge in [-0.05, 0) is 31.1 Å². The van der Waals surface area contributed by atoms with E-state index in [0.717, 1.165) is 45.2 Å². The maximum atomic E-state index is 12.6. The molecule has 0 aromatic rings. The van der Waals surface area contributed by atoms with E-state index >= 15 is 0 Å². The summed E-state index contributed by atoms with van der Waals surface area (Å²) in [5.74, 6) is 1.46. The molecule has 2 aliphatic heterocycles. The van der Waals surface area contributed by atoms with Gasteiger partial charge in [-0.15, -0.1) is 24.8 Å². The monoisotopic (exact) mass is 395 g/mol. The minimum absolute atomic E-state index is 0. The fourth-order valence-electron chi connectivity index (χ4n) is 4.55. The molecule has 1 aliphatic carbocycles. The Hall–Kier alpha value is -0.0700. The molecule has 4 unspecified atom stereocenters. The van der Waals surface area contributed by atoms with E-state index in [2.05, 4.69) is 29.4 Å². The molecular weight excluding hydrogens is 361 g/mol. The van der Waals surface area contributed by atoms with Crippen LogP contribution in [0.3, 0.4) is 0 Å². The SMILES string of the molecule is CC(C)C(CNC(=O)C1CC2CCCCC2N1)N1CCOCC1.Cl.Cl. The zero-order chi connectivity index (χ0) is 16.2. The zero-order valence-corrected chi connectivity index (χ0v) is 17.2. The highest BCUT2D eigenvalue weighted by atomic mass is 35.5. The van der Waals surface area contributed by atoms with E-state index < -0.39 is 0 Å². The fraction of sp³-hybridized carbons (Fsp3) is 0.944. The van der Waals surface area contributed by atoms with Gasteiger partial charge in [0.15, 0.2) is 0 Å². The Morgan fingerprint density at radius 3 is 2.52 bits per heavy atom. The summed E-state index contributed by atoms with van der Waals surface area (Å²) in [5.41, 5.74) is 0. The Labute approximate surface area is 164 Å². The molecule has 148 valence electrons. The van der Waals surface area contributed by atoms with Crippen molar-refractivity contribution in [3.05, 3.63) is 0 Å². The molecule has 3 fully saturated rings. The molecule has 0 radical (unpaired) electrons. The number of rotatable bonds is 5. The molecule has 3 rings (SSSR count). The first-order valence-corrected chi connectivity index (χ1v) is 9.50. The van der Waals surface area contributed by atoms with Gasteiger partial charge >= 0.3 is 0 Å². The fourth-order valence-corrected chi connectivity index (χ4v) is 4.55. The van der Waals surface area contributed by atoms with Gasteiger partial charge < -0.3 is 15.4 Å². The largest absolute Gasteiger partial charge is 0.379 e. The lowest BCUT2D eigenvalue weighted by atomic mass is 9.85. The highest BCUT2D eigenvalue weighted by Gasteiger charge is 2.38. The molecule has 25 heavy (non-hydrogen) atoms. The van der Waals surface area contributed by atoms with Gasteiger partial charge in [0.25, 0.3) is 0 Å². The number of amides is 1. The van der Waals surface area contributed by atoms with Crippen LogP contribution in [0.4, 0.5) is 0 Å². The number of fused-ring (bicyclic) bond motifs is 1. The summed E-state index contributed by atoms with van der Waals surface area (Å²) in [6, 6.07) is 1.02. The van der Waals surface area contributed by atoms with Crippen molar-refractivity contribution in [3.63, 3.8) is 0 Å². The maximum absolute atomic E-state index is 12.6. The van der Waals surface area contributed by atoms with Crippen LogP contribution in [0, 0.1) is 11.8 Å². The number of halogens is 2. The third-order valence-corrected chi connectivity index (χ3v) is 5.95. The van der Waals surface area contributed by atoms with Crippen LogP contribution in [-0.2, 0) is 9.53 Å². The van der Waals surface area contributed by atoms with Crippen LogP contribution >= 0.6 is 24.8 Å². The van der Waals surface area contributed by atoms with Gasteiger partial charge in [-0.2, -0.15) is 0 Å². The normalized spacial score (nSPS) is 30.8. The van der Waals surface area contributed by atoms with Crippen LogP contribution < -0.4 is 10.6 Å². The van der Waals surface area contributed by atoms with Crippen molar-refractivity contribution in [2.24, 2.45) is 11.8 Å². The predicted molar refractivity (Wildman–Crippen MR) is 106 cm³/mol. The Morgan fingerprint density at radius 2 is 1.88 bits per heavy atom. The summed E-state index contributed by atoms with van der Waals surface area (Å²) in [6.07, 6.45) is 6.22. The summed E-state index contributed by atoms with van der Waals surface area (Å²) in [7, 11) is 0. The molecule has 2 saturated heterocycles. The predicted octanol–water partition coefficient (Wildman–Crippen LogP) is 2.22. The summed E-state index contributed by atoms with van der Waals surface area (Å²) < 4.78 is 5.45. The van der Waals surface area contributed by atoms with Gasteiger partial charge in [0.05, 0.1) is 19.3 Å². The van der Waals surface area contributed by atoms with E-state index in [1.807, 2.05) is 0 Å². The van der Waals surface area contributed by atoms with Gasteiger partial charge in [-0.1, -0.05) is 26.7 Å². The molecule has 0 bridgehead atoms. The second-order valence-corrected chi connectivity index (χ2v) is 7.81. The average Bonchev–Trinajstić information content (AvgIpc) is 2.99. The molecule has 1 amide bonds. The van der Waals surface area contributed by atoms with E-state index in [-0.39, 0.29) is 36.8 Å². The minimum Gasteiger partial charge on any atom is -0.379 e. The Balaban J connectivity index is 0.00000156. The van der Waals surface area contributed by atoms with Crippen LogP contribution in [0.15, 0.2) is 0 Å². The number of carbonyl (C=O) groups excluding carboxylic acids is 1. The first-order chi connectivity index (χ1) is 11.1. The van der Waals surface area contributed by atoms with Gasteiger partial charge in [-0.25, -0.2) is 0 Å². The average molecular weight is 396 g/mol. The molecule has 2 N–H and O–H groups in total. The molecule has 7 heteroatoms. The third kappa shape index (κ3) is 5.96. The molecule has 0 aromatic carbocycles. The van der Waals surface area contributed by atoms with E-state index in [9.17, 15) is 4.79 Å². The Morgan fingerprint density at radius 1 is 1.20 bits per heavy atom. The first kappa shape index (κ1) is 23.0. The Bertz CT molecular complexity index is 392. The van der Waals surface area contributed by atoms with Gasteiger partial charge in [0.1, 0.15) is 0 Å². The second kappa shape index (κ2) is 10.9. The quantitative estimate of drug-likeness (QED) is 0.749. The van der Waals surface area contributed by atoms with E-state index in [4.69, 9.17) is 4.74 Å². The minimum atomic E-state index is 0. The van der Waals surface area contributed by atoms with Crippen molar-refractivity contribution < 1.29 is 9.53 Å². The number of carbonyl (C=O) groups is 1. The number of nitrogens with one attached hydrogen (secondary N) is 2. The van der Waals surface area contributed by atoms with Gasteiger partial charge in [0.2, 0.25) is 5.91 Å². The van der Waals surface area contributed by atoms with Crippen molar-refractivity contribution in [1.29, 1.82) is 0 Å². The maximum Gasteiger partial charge on any atom is 0.237 e. The van der Waals surface area contributed by atoms with Crippen LogP contribution in [0.1, 0.15) is 46.0 Å². The first-order valence-electron chi connectivity index (χ1n) is 9.50. The molecule has 0 aromatic heterocycles. The second-order valence-electron chi connectivity index (χ2n) is 7.81. The lowest BCUT2D eigenvalue weighted by molar-refractivity contribution is -0.123. The van der Waals surface area contributed by atoms with E-state index in [0.29, 0.717) is 18.0 Å². The van der Waals surface area contributed by atoms with Crippen molar-refractivity contribution in [2.75, 3.05) is 32.8 Å². The summed E-state index contributed by atoms with van der Waals surface area (Å²) in [6.45, 7) is 8.82. The highest BCUT2D eigenvalue weighted by Crippen LogP contribution is 2.33. The molecule has 0 spiro atoms. The van der Waals surface area contributed by atoms with Crippen LogP contribution in [0.2, 0.25) is 0 Å². The third-order valence-electron chi connectivity index (χ3n) is 5.95. The number of morpholine rings is 1. The summed E-state index contributed by atoms with van der Waals surface area (Å²) in [4.78, 5) is 15.1. The number of nitrogens with zero attached hydrogens (tertiary/aromatic N) is 1. The molecule has 2 heterocycles. The van der Waals surface area contributed by atoms with Crippen molar-refractivity contribution in [2.45, 2.75) is 64.1 Å². The highest BCUT2D eigenvalue weighted by molar-refractivity contribution is 5.85. The van der Waals surface area contributed by atoms with Crippen molar-refractivity contribution >= 4 is 30.7 Å². The Kier molecular flexibility index (Phi) is 10.0.